The van der Waals surface area contributed by atoms with Gasteiger partial charge in [-0.2, -0.15) is 9.40 Å². The number of benzene rings is 2. The average Bonchev–Trinajstić information content (AvgIpc) is 3.30. The summed E-state index contributed by atoms with van der Waals surface area (Å²) < 4.78 is 41.6. The summed E-state index contributed by atoms with van der Waals surface area (Å²) in [6.45, 7) is 0.353. The molecular weight excluding hydrogens is 475 g/mol. The molecule has 3 heterocycles. The molecule has 5 rings (SSSR count). The number of aromatic nitrogens is 4. The van der Waals surface area contributed by atoms with Crippen molar-refractivity contribution in [3.05, 3.63) is 77.2 Å². The van der Waals surface area contributed by atoms with Gasteiger partial charge in [-0.3, -0.25) is 9.59 Å². The van der Waals surface area contributed by atoms with Crippen molar-refractivity contribution in [3.8, 4) is 5.69 Å². The van der Waals surface area contributed by atoms with Crippen molar-refractivity contribution in [3.63, 3.8) is 0 Å². The van der Waals surface area contributed by atoms with E-state index in [4.69, 9.17) is 0 Å². The van der Waals surface area contributed by atoms with Gasteiger partial charge in [0.1, 0.15) is 11.2 Å². The molecule has 0 bridgehead atoms. The van der Waals surface area contributed by atoms with Gasteiger partial charge in [0.15, 0.2) is 5.65 Å². The van der Waals surface area contributed by atoms with Crippen LogP contribution >= 0.6 is 0 Å². The number of nitrogens with one attached hydrogen (secondary N) is 2. The average molecular weight is 497 g/mol. The van der Waals surface area contributed by atoms with Crippen LogP contribution in [0.15, 0.2) is 70.7 Å². The number of rotatable bonds is 5. The van der Waals surface area contributed by atoms with Crippen LogP contribution in [0.4, 0.5) is 10.1 Å². The third-order valence-electron chi connectivity index (χ3n) is 6.04. The highest BCUT2D eigenvalue weighted by molar-refractivity contribution is 7.89. The third kappa shape index (κ3) is 4.33. The molecule has 180 valence electrons. The molecule has 1 saturated heterocycles. The first-order valence-electron chi connectivity index (χ1n) is 10.9. The summed E-state index contributed by atoms with van der Waals surface area (Å²) in [5, 5.41) is 7.50. The Bertz CT molecular complexity index is 1560. The maximum absolute atomic E-state index is 13.2. The molecule has 1 amide bonds. The molecule has 0 radical (unpaired) electrons. The predicted octanol–water partition coefficient (Wildman–Crippen LogP) is 2.29. The topological polar surface area (TPSA) is 130 Å². The summed E-state index contributed by atoms with van der Waals surface area (Å²) >= 11 is 0. The van der Waals surface area contributed by atoms with Gasteiger partial charge in [0.2, 0.25) is 15.9 Å². The smallest absolute Gasteiger partial charge is 0.261 e. The van der Waals surface area contributed by atoms with E-state index >= 15 is 0 Å². The first-order chi connectivity index (χ1) is 16.8. The first kappa shape index (κ1) is 22.9. The Morgan fingerprint density at radius 2 is 1.80 bits per heavy atom. The molecular formula is C23H21FN6O4S. The van der Waals surface area contributed by atoms with Gasteiger partial charge >= 0.3 is 0 Å². The molecule has 2 aromatic carbocycles. The lowest BCUT2D eigenvalue weighted by Gasteiger charge is -2.30. The largest absolute Gasteiger partial charge is 0.324 e. The van der Waals surface area contributed by atoms with Crippen LogP contribution in [0.1, 0.15) is 12.8 Å². The number of hydrogen-bond donors (Lipinski definition) is 2. The van der Waals surface area contributed by atoms with Crippen molar-refractivity contribution in [2.75, 3.05) is 18.4 Å². The van der Waals surface area contributed by atoms with E-state index in [1.165, 1.54) is 33.6 Å². The molecule has 1 fully saturated rings. The summed E-state index contributed by atoms with van der Waals surface area (Å²) in [4.78, 5) is 31.8. The van der Waals surface area contributed by atoms with Crippen molar-refractivity contribution < 1.29 is 17.6 Å². The Morgan fingerprint density at radius 3 is 2.54 bits per heavy atom. The van der Waals surface area contributed by atoms with Crippen molar-refractivity contribution in [1.29, 1.82) is 0 Å². The Labute approximate surface area is 199 Å². The number of fused-ring (bicyclic) bond motifs is 1. The second kappa shape index (κ2) is 9.04. The highest BCUT2D eigenvalue weighted by atomic mass is 32.2. The van der Waals surface area contributed by atoms with Crippen LogP contribution in [0.25, 0.3) is 16.7 Å². The lowest BCUT2D eigenvalue weighted by atomic mass is 9.97. The fraction of sp³-hybridized carbons (Fsp3) is 0.217. The normalized spacial score (nSPS) is 15.3. The molecule has 0 spiro atoms. The van der Waals surface area contributed by atoms with Gasteiger partial charge in [-0.15, -0.1) is 0 Å². The van der Waals surface area contributed by atoms with Crippen LogP contribution in [0.5, 0.6) is 0 Å². The van der Waals surface area contributed by atoms with Crippen molar-refractivity contribution in [1.82, 2.24) is 24.1 Å². The Morgan fingerprint density at radius 1 is 1.09 bits per heavy atom. The van der Waals surface area contributed by atoms with Crippen LogP contribution in [-0.4, -0.2) is 51.5 Å². The van der Waals surface area contributed by atoms with E-state index in [0.29, 0.717) is 35.2 Å². The second-order valence-electron chi connectivity index (χ2n) is 8.16. The van der Waals surface area contributed by atoms with Crippen LogP contribution < -0.4 is 10.9 Å². The number of aromatic amines is 1. The number of H-pyrrole nitrogens is 1. The number of piperidine rings is 1. The van der Waals surface area contributed by atoms with E-state index in [1.807, 2.05) is 0 Å². The zero-order valence-electron chi connectivity index (χ0n) is 18.4. The van der Waals surface area contributed by atoms with Crippen LogP contribution in [0.2, 0.25) is 0 Å². The Balaban J connectivity index is 1.31. The van der Waals surface area contributed by atoms with Crippen LogP contribution in [0.3, 0.4) is 0 Å². The molecule has 2 aromatic heterocycles. The zero-order chi connectivity index (χ0) is 24.6. The summed E-state index contributed by atoms with van der Waals surface area (Å²) in [6, 6.07) is 11.7. The minimum atomic E-state index is -3.76. The number of nitrogens with zero attached hydrogens (tertiary/aromatic N) is 4. The molecule has 0 aliphatic carbocycles. The molecule has 0 unspecified atom stereocenters. The van der Waals surface area contributed by atoms with E-state index in [9.17, 15) is 22.4 Å². The predicted molar refractivity (Wildman–Crippen MR) is 126 cm³/mol. The van der Waals surface area contributed by atoms with Gasteiger partial charge in [-0.05, 0) is 49.2 Å². The SMILES string of the molecule is O=C(Nc1ccccc1-n1ncc2c(=O)[nH]cnc21)C1CCN(S(=O)(=O)c2ccc(F)cc2)CC1. The summed E-state index contributed by atoms with van der Waals surface area (Å²) in [7, 11) is -3.76. The molecule has 1 aliphatic rings. The van der Waals surface area contributed by atoms with Gasteiger partial charge < -0.3 is 10.3 Å². The van der Waals surface area contributed by atoms with E-state index in [2.05, 4.69) is 20.4 Å². The highest BCUT2D eigenvalue weighted by Crippen LogP contribution is 2.27. The molecule has 2 N–H and O–H groups in total. The zero-order valence-corrected chi connectivity index (χ0v) is 19.2. The molecule has 10 nitrogen and oxygen atoms in total. The molecule has 35 heavy (non-hydrogen) atoms. The Kier molecular flexibility index (Phi) is 5.91. The van der Waals surface area contributed by atoms with Gasteiger partial charge in [0.25, 0.3) is 5.56 Å². The maximum atomic E-state index is 13.2. The molecule has 12 heteroatoms. The number of sulfonamides is 1. The van der Waals surface area contributed by atoms with Crippen LogP contribution in [-0.2, 0) is 14.8 Å². The van der Waals surface area contributed by atoms with E-state index in [0.717, 1.165) is 12.1 Å². The number of hydrogen-bond acceptors (Lipinski definition) is 6. The molecule has 1 aliphatic heterocycles. The second-order valence-corrected chi connectivity index (χ2v) is 10.1. The number of anilines is 1. The van der Waals surface area contributed by atoms with E-state index in [-0.39, 0.29) is 29.5 Å². The Hall–Kier alpha value is -3.90. The third-order valence-corrected chi connectivity index (χ3v) is 7.95. The molecule has 0 atom stereocenters. The molecule has 0 saturated carbocycles. The number of carbonyl (C=O) groups excluding carboxylic acids is 1. The number of halogens is 1. The van der Waals surface area contributed by atoms with Crippen LogP contribution in [0, 0.1) is 11.7 Å². The van der Waals surface area contributed by atoms with Gasteiger partial charge in [-0.25, -0.2) is 22.5 Å². The first-order valence-corrected chi connectivity index (χ1v) is 12.4. The summed E-state index contributed by atoms with van der Waals surface area (Å²) in [5.41, 5.74) is 1.08. The summed E-state index contributed by atoms with van der Waals surface area (Å²) in [5.74, 6) is -1.14. The fourth-order valence-electron chi connectivity index (χ4n) is 4.15. The van der Waals surface area contributed by atoms with Crippen molar-refractivity contribution in [2.24, 2.45) is 5.92 Å². The standard InChI is InChI=1S/C23H21FN6O4S/c24-16-5-7-17(8-6-16)35(33,34)29-11-9-15(10-12-29)22(31)28-19-3-1-2-4-20(19)30-21-18(13-27-30)23(32)26-14-25-21/h1-8,13-15H,9-12H2,(H,28,31)(H,25,26,32). The van der Waals surface area contributed by atoms with Gasteiger partial charge in [0.05, 0.1) is 28.8 Å². The van der Waals surface area contributed by atoms with Gasteiger partial charge in [-0.1, -0.05) is 12.1 Å². The quantitative estimate of drug-likeness (QED) is 0.436. The number of amides is 1. The van der Waals surface area contributed by atoms with Crippen molar-refractivity contribution >= 4 is 32.7 Å². The minimum Gasteiger partial charge on any atom is -0.324 e. The lowest BCUT2D eigenvalue weighted by molar-refractivity contribution is -0.120. The fourth-order valence-corrected chi connectivity index (χ4v) is 5.61. The van der Waals surface area contributed by atoms with E-state index < -0.39 is 21.8 Å². The summed E-state index contributed by atoms with van der Waals surface area (Å²) in [6.07, 6.45) is 3.39. The molecule has 4 aromatic rings. The maximum Gasteiger partial charge on any atom is 0.261 e. The number of carbonyl (C=O) groups is 1. The highest BCUT2D eigenvalue weighted by Gasteiger charge is 2.32. The van der Waals surface area contributed by atoms with E-state index in [1.54, 1.807) is 24.3 Å². The minimum absolute atomic E-state index is 0.0228. The van der Waals surface area contributed by atoms with Crippen molar-refractivity contribution in [2.45, 2.75) is 17.7 Å². The monoisotopic (exact) mass is 496 g/mol. The lowest BCUT2D eigenvalue weighted by Crippen LogP contribution is -2.41. The van der Waals surface area contributed by atoms with Gasteiger partial charge in [0, 0.05) is 19.0 Å². The number of para-hydroxylation sites is 2.